The number of carboxylic acid groups (broad SMARTS) is 1. The minimum atomic E-state index is -1.01. The first kappa shape index (κ1) is 24.4. The Bertz CT molecular complexity index is 741. The Hall–Kier alpha value is -2.63. The lowest BCUT2D eigenvalue weighted by Crippen LogP contribution is -2.46. The van der Waals surface area contributed by atoms with Crippen LogP contribution in [0.5, 0.6) is 0 Å². The number of likely N-dealkylation sites (N-methyl/N-ethyl adjacent to an activating group) is 1. The third-order valence-electron chi connectivity index (χ3n) is 5.62. The van der Waals surface area contributed by atoms with Gasteiger partial charge < -0.3 is 15.3 Å². The Labute approximate surface area is 174 Å². The summed E-state index contributed by atoms with van der Waals surface area (Å²) < 4.78 is 0. The standard InChI is InChI=1S/C23H34N2O4/c1-7-18(14-16(3)22(28)29)25(6)20(26)15-24-21(27)19(8-2)23(4,5)17-12-10-9-11-13-17/h9-14,18-19H,7-8,15H2,1-6H3,(H,24,27)(H,28,29)/b16-14+/t18-,19+/m0/s1. The van der Waals surface area contributed by atoms with Gasteiger partial charge in [-0.3, -0.25) is 9.59 Å². The molecule has 0 aliphatic heterocycles. The van der Waals surface area contributed by atoms with Crippen molar-refractivity contribution in [1.82, 2.24) is 10.2 Å². The van der Waals surface area contributed by atoms with Crippen molar-refractivity contribution < 1.29 is 19.5 Å². The summed E-state index contributed by atoms with van der Waals surface area (Å²) in [5, 5.41) is 11.8. The number of nitrogens with one attached hydrogen (secondary N) is 1. The second-order valence-electron chi connectivity index (χ2n) is 7.90. The molecule has 0 heterocycles. The fourth-order valence-electron chi connectivity index (χ4n) is 3.55. The summed E-state index contributed by atoms with van der Waals surface area (Å²) in [5.41, 5.74) is 0.893. The summed E-state index contributed by atoms with van der Waals surface area (Å²) in [5.74, 6) is -1.70. The van der Waals surface area contributed by atoms with Gasteiger partial charge in [-0.25, -0.2) is 4.79 Å². The molecule has 1 aromatic carbocycles. The van der Waals surface area contributed by atoms with Gasteiger partial charge in [0.2, 0.25) is 11.8 Å². The molecule has 2 amide bonds. The molecular weight excluding hydrogens is 368 g/mol. The molecule has 0 aliphatic carbocycles. The number of carbonyl (C=O) groups is 3. The smallest absolute Gasteiger partial charge is 0.331 e. The van der Waals surface area contributed by atoms with Crippen LogP contribution in [0, 0.1) is 5.92 Å². The molecule has 2 N–H and O–H groups in total. The lowest BCUT2D eigenvalue weighted by atomic mass is 9.71. The molecule has 1 rings (SSSR count). The first-order valence-electron chi connectivity index (χ1n) is 10.1. The van der Waals surface area contributed by atoms with Crippen molar-refractivity contribution in [1.29, 1.82) is 0 Å². The molecule has 0 fully saturated rings. The van der Waals surface area contributed by atoms with E-state index in [2.05, 4.69) is 5.32 Å². The molecule has 0 aliphatic rings. The monoisotopic (exact) mass is 402 g/mol. The predicted molar refractivity (Wildman–Crippen MR) is 115 cm³/mol. The summed E-state index contributed by atoms with van der Waals surface area (Å²) in [6.45, 7) is 9.31. The molecule has 29 heavy (non-hydrogen) atoms. The van der Waals surface area contributed by atoms with Gasteiger partial charge in [0.1, 0.15) is 0 Å². The van der Waals surface area contributed by atoms with Gasteiger partial charge in [0.05, 0.1) is 12.6 Å². The highest BCUT2D eigenvalue weighted by molar-refractivity contribution is 5.88. The van der Waals surface area contributed by atoms with Crippen LogP contribution in [0.1, 0.15) is 53.0 Å². The first-order chi connectivity index (χ1) is 13.6. The van der Waals surface area contributed by atoms with Crippen molar-refractivity contribution in [2.24, 2.45) is 5.92 Å². The Morgan fingerprint density at radius 1 is 1.14 bits per heavy atom. The van der Waals surface area contributed by atoms with Crippen LogP contribution in [-0.4, -0.2) is 47.4 Å². The van der Waals surface area contributed by atoms with E-state index in [4.69, 9.17) is 5.11 Å². The molecule has 0 spiro atoms. The average Bonchev–Trinajstić information content (AvgIpc) is 2.70. The van der Waals surface area contributed by atoms with Gasteiger partial charge in [-0.15, -0.1) is 0 Å². The number of carboxylic acids is 1. The van der Waals surface area contributed by atoms with E-state index in [0.717, 1.165) is 5.56 Å². The molecule has 6 heteroatoms. The normalized spacial score (nSPS) is 14.1. The second kappa shape index (κ2) is 10.8. The van der Waals surface area contributed by atoms with E-state index in [1.165, 1.54) is 11.8 Å². The molecule has 160 valence electrons. The maximum atomic E-state index is 12.9. The highest BCUT2D eigenvalue weighted by Gasteiger charge is 2.35. The van der Waals surface area contributed by atoms with Crippen LogP contribution in [0.15, 0.2) is 42.0 Å². The Morgan fingerprint density at radius 2 is 1.72 bits per heavy atom. The number of aliphatic carboxylic acids is 1. The van der Waals surface area contributed by atoms with Crippen LogP contribution < -0.4 is 5.32 Å². The summed E-state index contributed by atoms with van der Waals surface area (Å²) >= 11 is 0. The van der Waals surface area contributed by atoms with E-state index in [1.54, 1.807) is 13.1 Å². The van der Waals surface area contributed by atoms with Gasteiger partial charge in [0.15, 0.2) is 0 Å². The van der Waals surface area contributed by atoms with Crippen LogP contribution in [0.25, 0.3) is 0 Å². The van der Waals surface area contributed by atoms with Crippen molar-refractivity contribution in [2.75, 3.05) is 13.6 Å². The third-order valence-corrected chi connectivity index (χ3v) is 5.62. The molecule has 0 radical (unpaired) electrons. The predicted octanol–water partition coefficient (Wildman–Crippen LogP) is 3.37. The van der Waals surface area contributed by atoms with Crippen LogP contribution in [0.4, 0.5) is 0 Å². The Balaban J connectivity index is 2.82. The Morgan fingerprint density at radius 3 is 2.21 bits per heavy atom. The summed E-state index contributed by atoms with van der Waals surface area (Å²) in [7, 11) is 1.62. The molecule has 0 bridgehead atoms. The third kappa shape index (κ3) is 6.44. The molecule has 0 saturated heterocycles. The van der Waals surface area contributed by atoms with E-state index in [0.29, 0.717) is 12.8 Å². The molecule has 0 unspecified atom stereocenters. The van der Waals surface area contributed by atoms with Crippen molar-refractivity contribution in [2.45, 2.75) is 58.9 Å². The van der Waals surface area contributed by atoms with Gasteiger partial charge in [0.25, 0.3) is 0 Å². The lowest BCUT2D eigenvalue weighted by Gasteiger charge is -2.33. The summed E-state index contributed by atoms with van der Waals surface area (Å²) in [4.78, 5) is 38.0. The molecule has 1 aromatic rings. The number of rotatable bonds is 10. The maximum Gasteiger partial charge on any atom is 0.331 e. The topological polar surface area (TPSA) is 86.7 Å². The summed E-state index contributed by atoms with van der Waals surface area (Å²) in [6.07, 6.45) is 2.80. The molecule has 2 atom stereocenters. The maximum absolute atomic E-state index is 12.9. The molecule has 6 nitrogen and oxygen atoms in total. The van der Waals surface area contributed by atoms with Crippen LogP contribution in [-0.2, 0) is 19.8 Å². The number of carbonyl (C=O) groups excluding carboxylic acids is 2. The van der Waals surface area contributed by atoms with Crippen molar-refractivity contribution in [3.05, 3.63) is 47.5 Å². The van der Waals surface area contributed by atoms with Gasteiger partial charge >= 0.3 is 5.97 Å². The lowest BCUT2D eigenvalue weighted by molar-refractivity contribution is -0.135. The van der Waals surface area contributed by atoms with Crippen LogP contribution in [0.2, 0.25) is 0 Å². The highest BCUT2D eigenvalue weighted by Crippen LogP contribution is 2.33. The van der Waals surface area contributed by atoms with Crippen molar-refractivity contribution in [3.63, 3.8) is 0 Å². The molecule has 0 aromatic heterocycles. The number of benzene rings is 1. The zero-order valence-corrected chi connectivity index (χ0v) is 18.4. The van der Waals surface area contributed by atoms with Gasteiger partial charge in [-0.05, 0) is 25.3 Å². The highest BCUT2D eigenvalue weighted by atomic mass is 16.4. The zero-order valence-electron chi connectivity index (χ0n) is 18.4. The minimum absolute atomic E-state index is 0.118. The fraction of sp³-hybridized carbons (Fsp3) is 0.522. The van der Waals surface area contributed by atoms with Crippen molar-refractivity contribution >= 4 is 17.8 Å². The summed E-state index contributed by atoms with van der Waals surface area (Å²) in [6, 6.07) is 9.54. The zero-order chi connectivity index (χ0) is 22.2. The fourth-order valence-corrected chi connectivity index (χ4v) is 3.55. The number of hydrogen-bond acceptors (Lipinski definition) is 3. The van der Waals surface area contributed by atoms with Gasteiger partial charge in [0, 0.05) is 24.0 Å². The largest absolute Gasteiger partial charge is 0.478 e. The number of nitrogens with zero attached hydrogens (tertiary/aromatic N) is 1. The van der Waals surface area contributed by atoms with E-state index in [9.17, 15) is 14.4 Å². The minimum Gasteiger partial charge on any atom is -0.478 e. The first-order valence-corrected chi connectivity index (χ1v) is 10.1. The van der Waals surface area contributed by atoms with E-state index >= 15 is 0 Å². The number of hydrogen-bond donors (Lipinski definition) is 2. The van der Waals surface area contributed by atoms with Crippen LogP contribution >= 0.6 is 0 Å². The SMILES string of the molecule is CC[C@@H](/C=C(\C)C(=O)O)N(C)C(=O)CNC(=O)[C@@H](CC)C(C)(C)c1ccccc1. The Kier molecular flexibility index (Phi) is 9.08. The van der Waals surface area contributed by atoms with Gasteiger partial charge in [-0.1, -0.05) is 64.1 Å². The number of amides is 2. The molecule has 0 saturated carbocycles. The van der Waals surface area contributed by atoms with Crippen molar-refractivity contribution in [3.8, 4) is 0 Å². The van der Waals surface area contributed by atoms with E-state index in [1.807, 2.05) is 58.0 Å². The van der Waals surface area contributed by atoms with E-state index in [-0.39, 0.29) is 41.3 Å². The quantitative estimate of drug-likeness (QED) is 0.588. The molecular formula is C23H34N2O4. The second-order valence-corrected chi connectivity index (χ2v) is 7.90. The average molecular weight is 403 g/mol. The van der Waals surface area contributed by atoms with Gasteiger partial charge in [-0.2, -0.15) is 0 Å². The van der Waals surface area contributed by atoms with E-state index < -0.39 is 5.97 Å². The van der Waals surface area contributed by atoms with Crippen LogP contribution in [0.3, 0.4) is 0 Å².